The van der Waals surface area contributed by atoms with Gasteiger partial charge in [0, 0.05) is 6.04 Å². The summed E-state index contributed by atoms with van der Waals surface area (Å²) in [5.74, 6) is 0. The van der Waals surface area contributed by atoms with Crippen molar-refractivity contribution in [3.63, 3.8) is 0 Å². The van der Waals surface area contributed by atoms with Crippen LogP contribution in [0.2, 0.25) is 0 Å². The zero-order chi connectivity index (χ0) is 19.8. The number of benzene rings is 2. The van der Waals surface area contributed by atoms with Crippen LogP contribution in [0.25, 0.3) is 0 Å². The zero-order valence-electron chi connectivity index (χ0n) is 15.5. The van der Waals surface area contributed by atoms with Gasteiger partial charge in [0.2, 0.25) is 10.0 Å². The average molecular weight is 410 g/mol. The van der Waals surface area contributed by atoms with Crippen molar-refractivity contribution in [3.05, 3.63) is 59.7 Å². The van der Waals surface area contributed by atoms with E-state index >= 15 is 0 Å². The van der Waals surface area contributed by atoms with Crippen LogP contribution in [0.4, 0.5) is 0 Å². The van der Waals surface area contributed by atoms with Gasteiger partial charge in [0.1, 0.15) is 0 Å². The minimum atomic E-state index is -3.92. The predicted molar refractivity (Wildman–Crippen MR) is 102 cm³/mol. The summed E-state index contributed by atoms with van der Waals surface area (Å²) >= 11 is 0. The molecule has 0 saturated carbocycles. The summed E-state index contributed by atoms with van der Waals surface area (Å²) in [5, 5.41) is 0. The quantitative estimate of drug-likeness (QED) is 0.519. The molecule has 1 heterocycles. The van der Waals surface area contributed by atoms with E-state index in [1.807, 2.05) is 20.8 Å². The van der Waals surface area contributed by atoms with Gasteiger partial charge in [0.15, 0.2) is 0 Å². The SMILES string of the molecule is CC[C@@H]1[C@H](COS(=O)(=O)c2ccc(C)cc2)N1S(=O)(=O)c1ccc(C)cc1. The number of hydrogen-bond donors (Lipinski definition) is 0. The molecule has 146 valence electrons. The second kappa shape index (κ2) is 7.35. The Morgan fingerprint density at radius 2 is 1.30 bits per heavy atom. The number of aryl methyl sites for hydroxylation is 2. The topological polar surface area (TPSA) is 80.5 Å². The van der Waals surface area contributed by atoms with Crippen LogP contribution in [-0.2, 0) is 24.3 Å². The van der Waals surface area contributed by atoms with Gasteiger partial charge >= 0.3 is 0 Å². The summed E-state index contributed by atoms with van der Waals surface area (Å²) in [7, 11) is -7.60. The molecule has 1 unspecified atom stereocenters. The third kappa shape index (κ3) is 4.08. The standard InChI is InChI=1S/C19H23NO5S2/c1-4-18-19(13-25-27(23,24)17-11-7-15(3)8-12-17)20(18)26(21,22)16-9-5-14(2)6-10-16/h5-12,18-19H,4,13H2,1-3H3/t18-,19+,20?/m1/s1. The first-order valence-corrected chi connectivity index (χ1v) is 11.6. The number of sulfonamides is 1. The van der Waals surface area contributed by atoms with Gasteiger partial charge in [-0.05, 0) is 44.5 Å². The fourth-order valence-corrected chi connectivity index (χ4v) is 5.86. The Bertz CT molecular complexity index is 1010. The molecule has 0 radical (unpaired) electrons. The highest BCUT2D eigenvalue weighted by atomic mass is 32.2. The molecule has 0 spiro atoms. The fraction of sp³-hybridized carbons (Fsp3) is 0.368. The van der Waals surface area contributed by atoms with Gasteiger partial charge in [0.05, 0.1) is 22.4 Å². The van der Waals surface area contributed by atoms with Crippen LogP contribution in [0, 0.1) is 13.8 Å². The molecule has 0 bridgehead atoms. The Kier molecular flexibility index (Phi) is 5.45. The van der Waals surface area contributed by atoms with Crippen molar-refractivity contribution in [1.29, 1.82) is 0 Å². The van der Waals surface area contributed by atoms with E-state index in [0.29, 0.717) is 6.42 Å². The molecule has 1 fully saturated rings. The molecule has 0 aliphatic carbocycles. The molecule has 27 heavy (non-hydrogen) atoms. The first-order valence-electron chi connectivity index (χ1n) is 8.73. The molecule has 8 heteroatoms. The van der Waals surface area contributed by atoms with Gasteiger partial charge in [-0.1, -0.05) is 42.3 Å². The van der Waals surface area contributed by atoms with E-state index in [1.165, 1.54) is 16.4 Å². The molecule has 3 rings (SSSR count). The van der Waals surface area contributed by atoms with Crippen LogP contribution in [-0.4, -0.2) is 39.8 Å². The number of nitrogens with zero attached hydrogens (tertiary/aromatic N) is 1. The van der Waals surface area contributed by atoms with Crippen molar-refractivity contribution < 1.29 is 21.0 Å². The summed E-state index contributed by atoms with van der Waals surface area (Å²) in [6.07, 6.45) is 0.587. The largest absolute Gasteiger partial charge is 0.297 e. The Labute approximate surface area is 161 Å². The molecule has 2 aromatic rings. The molecule has 0 aromatic heterocycles. The van der Waals surface area contributed by atoms with Gasteiger partial charge in [-0.15, -0.1) is 0 Å². The van der Waals surface area contributed by atoms with Crippen molar-refractivity contribution in [2.24, 2.45) is 0 Å². The minimum absolute atomic E-state index is 0.0646. The summed E-state index contributed by atoms with van der Waals surface area (Å²) in [4.78, 5) is 0.269. The van der Waals surface area contributed by atoms with Crippen LogP contribution in [0.5, 0.6) is 0 Å². The smallest absolute Gasteiger partial charge is 0.265 e. The highest BCUT2D eigenvalue weighted by Gasteiger charge is 2.54. The Morgan fingerprint density at radius 3 is 1.78 bits per heavy atom. The van der Waals surface area contributed by atoms with Gasteiger partial charge in [0.25, 0.3) is 10.1 Å². The molecule has 1 aliphatic heterocycles. The van der Waals surface area contributed by atoms with Crippen LogP contribution in [0.3, 0.4) is 0 Å². The fourth-order valence-electron chi connectivity index (χ4n) is 3.07. The summed E-state index contributed by atoms with van der Waals surface area (Å²) < 4.78 is 56.9. The highest BCUT2D eigenvalue weighted by Crippen LogP contribution is 2.38. The lowest BCUT2D eigenvalue weighted by Gasteiger charge is -2.08. The van der Waals surface area contributed by atoms with Crippen molar-refractivity contribution in [1.82, 2.24) is 4.31 Å². The monoisotopic (exact) mass is 409 g/mol. The van der Waals surface area contributed by atoms with E-state index in [2.05, 4.69) is 0 Å². The Morgan fingerprint density at radius 1 is 0.815 bits per heavy atom. The third-order valence-electron chi connectivity index (χ3n) is 4.73. The number of hydrogen-bond acceptors (Lipinski definition) is 5. The Hall–Kier alpha value is -1.74. The second-order valence-corrected chi connectivity index (χ2v) is 10.2. The molecule has 0 amide bonds. The van der Waals surface area contributed by atoms with E-state index in [-0.39, 0.29) is 22.4 Å². The van der Waals surface area contributed by atoms with Crippen LogP contribution in [0.15, 0.2) is 58.3 Å². The van der Waals surface area contributed by atoms with Crippen LogP contribution < -0.4 is 0 Å². The summed E-state index contributed by atoms with van der Waals surface area (Å²) in [6, 6.07) is 12.2. The first kappa shape index (κ1) is 20.0. The van der Waals surface area contributed by atoms with E-state index in [4.69, 9.17) is 4.18 Å². The maximum absolute atomic E-state index is 12.8. The number of rotatable bonds is 7. The van der Waals surface area contributed by atoms with E-state index in [9.17, 15) is 16.8 Å². The van der Waals surface area contributed by atoms with E-state index in [0.717, 1.165) is 11.1 Å². The molecule has 0 N–H and O–H groups in total. The van der Waals surface area contributed by atoms with Gasteiger partial charge in [-0.25, -0.2) is 8.42 Å². The molecule has 6 nitrogen and oxygen atoms in total. The van der Waals surface area contributed by atoms with Crippen molar-refractivity contribution >= 4 is 20.1 Å². The van der Waals surface area contributed by atoms with E-state index < -0.39 is 26.2 Å². The molecular weight excluding hydrogens is 386 g/mol. The van der Waals surface area contributed by atoms with Crippen molar-refractivity contribution in [2.45, 2.75) is 49.1 Å². The second-order valence-electron chi connectivity index (χ2n) is 6.74. The van der Waals surface area contributed by atoms with Gasteiger partial charge < -0.3 is 0 Å². The first-order chi connectivity index (χ1) is 12.7. The molecule has 2 aromatic carbocycles. The maximum atomic E-state index is 12.8. The van der Waals surface area contributed by atoms with Crippen LogP contribution in [0.1, 0.15) is 24.5 Å². The van der Waals surface area contributed by atoms with Crippen molar-refractivity contribution in [2.75, 3.05) is 6.61 Å². The normalized spacial score (nSPS) is 22.6. The predicted octanol–water partition coefficient (Wildman–Crippen LogP) is 2.86. The van der Waals surface area contributed by atoms with Crippen molar-refractivity contribution in [3.8, 4) is 0 Å². The lowest BCUT2D eigenvalue weighted by Crippen LogP contribution is -2.19. The molecule has 3 atom stereocenters. The van der Waals surface area contributed by atoms with Gasteiger partial charge in [-0.3, -0.25) is 4.18 Å². The molecule has 1 aliphatic rings. The lowest BCUT2D eigenvalue weighted by atomic mass is 10.2. The summed E-state index contributed by atoms with van der Waals surface area (Å²) in [5.41, 5.74) is 1.91. The van der Waals surface area contributed by atoms with Gasteiger partial charge in [-0.2, -0.15) is 12.7 Å². The zero-order valence-corrected chi connectivity index (χ0v) is 17.1. The highest BCUT2D eigenvalue weighted by molar-refractivity contribution is 7.89. The average Bonchev–Trinajstić information content (AvgIpc) is 3.35. The summed E-state index contributed by atoms with van der Waals surface area (Å²) in [6.45, 7) is 5.42. The molecule has 1 saturated heterocycles. The van der Waals surface area contributed by atoms with Crippen LogP contribution >= 0.6 is 0 Å². The minimum Gasteiger partial charge on any atom is -0.265 e. The molecular formula is C19H23NO5S2. The lowest BCUT2D eigenvalue weighted by molar-refractivity contribution is 0.309. The third-order valence-corrected chi connectivity index (χ3v) is 7.99. The maximum Gasteiger partial charge on any atom is 0.297 e. The Balaban J connectivity index is 1.74. The van der Waals surface area contributed by atoms with E-state index in [1.54, 1.807) is 36.4 Å².